The number of aromatic nitrogens is 1. The highest BCUT2D eigenvalue weighted by Gasteiger charge is 2.45. The Kier molecular flexibility index (Phi) is 2.16. The van der Waals surface area contributed by atoms with E-state index in [0.717, 1.165) is 29.3 Å². The van der Waals surface area contributed by atoms with Crippen LogP contribution < -0.4 is 0 Å². The number of aliphatic hydroxyl groups is 1. The predicted molar refractivity (Wildman–Crippen MR) is 64.8 cm³/mol. The molecule has 0 radical (unpaired) electrons. The number of rotatable bonds is 2. The molecule has 0 bridgehead atoms. The molecule has 2 aromatic rings. The van der Waals surface area contributed by atoms with Crippen molar-refractivity contribution < 1.29 is 5.11 Å². The van der Waals surface area contributed by atoms with Gasteiger partial charge in [0, 0.05) is 10.8 Å². The van der Waals surface area contributed by atoms with Gasteiger partial charge < -0.3 is 5.11 Å². The first kappa shape index (κ1) is 10.1. The van der Waals surface area contributed by atoms with Crippen LogP contribution in [0.15, 0.2) is 30.3 Å². The summed E-state index contributed by atoms with van der Waals surface area (Å²) in [6.45, 7) is 0.159. The van der Waals surface area contributed by atoms with Crippen LogP contribution in [0.25, 0.3) is 10.9 Å². The molecule has 0 aliphatic heterocycles. The maximum atomic E-state index is 9.42. The molecule has 0 atom stereocenters. The van der Waals surface area contributed by atoms with E-state index in [1.54, 1.807) is 0 Å². The molecule has 0 unspecified atom stereocenters. The first-order chi connectivity index (χ1) is 7.75. The van der Waals surface area contributed by atoms with Crippen LogP contribution in [0.2, 0.25) is 5.15 Å². The van der Waals surface area contributed by atoms with Crippen LogP contribution >= 0.6 is 11.6 Å². The molecule has 1 aliphatic rings. The summed E-state index contributed by atoms with van der Waals surface area (Å²) in [6, 6.07) is 9.97. The van der Waals surface area contributed by atoms with Gasteiger partial charge in [0.1, 0.15) is 5.15 Å². The van der Waals surface area contributed by atoms with Gasteiger partial charge in [-0.2, -0.15) is 0 Å². The fourth-order valence-corrected chi connectivity index (χ4v) is 2.47. The minimum atomic E-state index is -0.117. The van der Waals surface area contributed by atoms with E-state index in [4.69, 9.17) is 11.6 Å². The third kappa shape index (κ3) is 1.41. The fourth-order valence-electron chi connectivity index (χ4n) is 2.13. The highest BCUT2D eigenvalue weighted by atomic mass is 35.5. The quantitative estimate of drug-likeness (QED) is 0.810. The summed E-state index contributed by atoms with van der Waals surface area (Å²) in [5.74, 6) is 0. The van der Waals surface area contributed by atoms with Gasteiger partial charge in [0.05, 0.1) is 12.1 Å². The summed E-state index contributed by atoms with van der Waals surface area (Å²) >= 11 is 6.18. The van der Waals surface area contributed by atoms with Crippen molar-refractivity contribution in [3.8, 4) is 0 Å². The number of nitrogens with zero attached hydrogens (tertiary/aromatic N) is 1. The lowest BCUT2D eigenvalue weighted by Crippen LogP contribution is -2.13. The molecule has 82 valence electrons. The number of benzene rings is 1. The number of hydrogen-bond donors (Lipinski definition) is 1. The van der Waals surface area contributed by atoms with Crippen LogP contribution in [-0.2, 0) is 5.41 Å². The van der Waals surface area contributed by atoms with Gasteiger partial charge in [-0.05, 0) is 30.5 Å². The van der Waals surface area contributed by atoms with Crippen molar-refractivity contribution in [3.05, 3.63) is 41.0 Å². The Balaban J connectivity index is 2.22. The maximum Gasteiger partial charge on any atom is 0.133 e. The number of hydrogen-bond acceptors (Lipinski definition) is 2. The Hall–Kier alpha value is -1.12. The largest absolute Gasteiger partial charge is 0.395 e. The first-order valence-corrected chi connectivity index (χ1v) is 5.80. The van der Waals surface area contributed by atoms with Gasteiger partial charge in [-0.1, -0.05) is 29.8 Å². The van der Waals surface area contributed by atoms with Gasteiger partial charge in [0.2, 0.25) is 0 Å². The topological polar surface area (TPSA) is 33.1 Å². The van der Waals surface area contributed by atoms with Gasteiger partial charge in [-0.15, -0.1) is 0 Å². The SMILES string of the molecule is OCC1(c2cc3ccccc3nc2Cl)CC1. The fraction of sp³-hybridized carbons (Fsp3) is 0.308. The lowest BCUT2D eigenvalue weighted by atomic mass is 9.97. The van der Waals surface area contributed by atoms with E-state index in [-0.39, 0.29) is 12.0 Å². The zero-order valence-electron chi connectivity index (χ0n) is 8.78. The van der Waals surface area contributed by atoms with E-state index >= 15 is 0 Å². The van der Waals surface area contributed by atoms with Crippen LogP contribution in [0.1, 0.15) is 18.4 Å². The zero-order valence-corrected chi connectivity index (χ0v) is 9.54. The number of para-hydroxylation sites is 1. The number of pyridine rings is 1. The number of halogens is 1. The number of aliphatic hydroxyl groups excluding tert-OH is 1. The molecule has 16 heavy (non-hydrogen) atoms. The van der Waals surface area contributed by atoms with Gasteiger partial charge in [-0.3, -0.25) is 0 Å². The summed E-state index contributed by atoms with van der Waals surface area (Å²) in [5.41, 5.74) is 1.79. The van der Waals surface area contributed by atoms with Gasteiger partial charge >= 0.3 is 0 Å². The van der Waals surface area contributed by atoms with Gasteiger partial charge in [-0.25, -0.2) is 4.98 Å². The van der Waals surface area contributed by atoms with E-state index in [9.17, 15) is 5.11 Å². The van der Waals surface area contributed by atoms with Crippen molar-refractivity contribution in [3.63, 3.8) is 0 Å². The molecule has 0 saturated heterocycles. The molecule has 1 aromatic carbocycles. The van der Waals surface area contributed by atoms with Crippen LogP contribution in [0.4, 0.5) is 0 Å². The molecule has 1 heterocycles. The minimum Gasteiger partial charge on any atom is -0.395 e. The summed E-state index contributed by atoms with van der Waals surface area (Å²) in [6.07, 6.45) is 2.01. The molecule has 3 heteroatoms. The number of fused-ring (bicyclic) bond motifs is 1. The minimum absolute atomic E-state index is 0.117. The smallest absolute Gasteiger partial charge is 0.133 e. The van der Waals surface area contributed by atoms with Gasteiger partial charge in [0.15, 0.2) is 0 Å². The Morgan fingerprint density at radius 3 is 2.75 bits per heavy atom. The predicted octanol–water partition coefficient (Wildman–Crippen LogP) is 2.91. The second-order valence-electron chi connectivity index (χ2n) is 4.46. The average Bonchev–Trinajstić information content (AvgIpc) is 3.09. The van der Waals surface area contributed by atoms with E-state index in [1.165, 1.54) is 0 Å². The molecule has 0 spiro atoms. The van der Waals surface area contributed by atoms with Crippen molar-refractivity contribution in [1.29, 1.82) is 0 Å². The molecule has 0 amide bonds. The van der Waals surface area contributed by atoms with Crippen molar-refractivity contribution in [2.24, 2.45) is 0 Å². The lowest BCUT2D eigenvalue weighted by Gasteiger charge is -2.14. The van der Waals surface area contributed by atoms with Crippen molar-refractivity contribution in [1.82, 2.24) is 4.98 Å². The highest BCUT2D eigenvalue weighted by Crippen LogP contribution is 2.50. The molecule has 1 saturated carbocycles. The van der Waals surface area contributed by atoms with Crippen LogP contribution in [0.3, 0.4) is 0 Å². The summed E-state index contributed by atoms with van der Waals surface area (Å²) in [7, 11) is 0. The molecule has 1 fully saturated rings. The van der Waals surface area contributed by atoms with Crippen LogP contribution in [0, 0.1) is 0 Å². The van der Waals surface area contributed by atoms with E-state index in [0.29, 0.717) is 5.15 Å². The molecular weight excluding hydrogens is 222 g/mol. The average molecular weight is 234 g/mol. The standard InChI is InChI=1S/C13H12ClNO/c14-12-10(13(8-16)5-6-13)7-9-3-1-2-4-11(9)15-12/h1-4,7,16H,5-6,8H2. The Bertz CT molecular complexity index is 549. The molecule has 1 N–H and O–H groups in total. The third-order valence-corrected chi connectivity index (χ3v) is 3.69. The second kappa shape index (κ2) is 3.44. The Morgan fingerprint density at radius 2 is 2.06 bits per heavy atom. The van der Waals surface area contributed by atoms with Gasteiger partial charge in [0.25, 0.3) is 0 Å². The zero-order chi connectivity index (χ0) is 11.2. The maximum absolute atomic E-state index is 9.42. The Morgan fingerprint density at radius 1 is 1.31 bits per heavy atom. The highest BCUT2D eigenvalue weighted by molar-refractivity contribution is 6.30. The van der Waals surface area contributed by atoms with E-state index < -0.39 is 0 Å². The molecule has 1 aliphatic carbocycles. The van der Waals surface area contributed by atoms with E-state index in [2.05, 4.69) is 11.1 Å². The molecule has 1 aromatic heterocycles. The normalized spacial score (nSPS) is 17.6. The Labute approximate surface area is 98.9 Å². The lowest BCUT2D eigenvalue weighted by molar-refractivity contribution is 0.255. The summed E-state index contributed by atoms with van der Waals surface area (Å²) in [4.78, 5) is 4.38. The van der Waals surface area contributed by atoms with Crippen molar-refractivity contribution in [2.45, 2.75) is 18.3 Å². The second-order valence-corrected chi connectivity index (χ2v) is 4.82. The first-order valence-electron chi connectivity index (χ1n) is 5.42. The molecular formula is C13H12ClNO. The van der Waals surface area contributed by atoms with Crippen molar-refractivity contribution in [2.75, 3.05) is 6.61 Å². The van der Waals surface area contributed by atoms with Crippen LogP contribution in [-0.4, -0.2) is 16.7 Å². The summed E-state index contributed by atoms with van der Waals surface area (Å²) < 4.78 is 0. The van der Waals surface area contributed by atoms with Crippen molar-refractivity contribution >= 4 is 22.5 Å². The molecule has 2 nitrogen and oxygen atoms in total. The summed E-state index contributed by atoms with van der Waals surface area (Å²) in [5, 5.41) is 11.0. The van der Waals surface area contributed by atoms with E-state index in [1.807, 2.05) is 24.3 Å². The third-order valence-electron chi connectivity index (χ3n) is 3.41. The van der Waals surface area contributed by atoms with Crippen LogP contribution in [0.5, 0.6) is 0 Å². The monoisotopic (exact) mass is 233 g/mol. The molecule has 3 rings (SSSR count).